The number of hydrogen-bond acceptors (Lipinski definition) is 6. The van der Waals surface area contributed by atoms with Crippen LogP contribution in [-0.4, -0.2) is 33.0 Å². The number of aryl methyl sites for hydroxylation is 2. The van der Waals surface area contributed by atoms with Crippen LogP contribution in [-0.2, 0) is 20.0 Å². The average molecular weight is 446 g/mol. The number of rotatable bonds is 3. The number of hydrogen-bond donors (Lipinski definition) is 1. The van der Waals surface area contributed by atoms with Crippen LogP contribution in [0.2, 0.25) is 0 Å². The monoisotopic (exact) mass is 445 g/mol. The zero-order valence-corrected chi connectivity index (χ0v) is 18.3. The summed E-state index contributed by atoms with van der Waals surface area (Å²) in [6.45, 7) is 2.73. The number of amides is 2. The first-order valence-electron chi connectivity index (χ1n) is 10.1. The lowest BCUT2D eigenvalue weighted by Crippen LogP contribution is -2.35. The van der Waals surface area contributed by atoms with E-state index in [4.69, 9.17) is 4.42 Å². The second-order valence-corrected chi connectivity index (χ2v) is 8.81. The fraction of sp³-hybridized carbons (Fsp3) is 0.217. The second-order valence-electron chi connectivity index (χ2n) is 7.71. The van der Waals surface area contributed by atoms with Gasteiger partial charge in [0.1, 0.15) is 16.7 Å². The summed E-state index contributed by atoms with van der Waals surface area (Å²) in [4.78, 5) is 28.4. The fourth-order valence-electron chi connectivity index (χ4n) is 4.02. The van der Waals surface area contributed by atoms with E-state index in [1.54, 1.807) is 22.8 Å². The van der Waals surface area contributed by atoms with Gasteiger partial charge in [-0.15, -0.1) is 11.3 Å². The number of aromatic nitrogens is 2. The Hall–Kier alpha value is -3.90. The van der Waals surface area contributed by atoms with Gasteiger partial charge in [-0.1, -0.05) is 18.2 Å². The van der Waals surface area contributed by atoms with Crippen LogP contribution in [0.25, 0.3) is 11.0 Å². The smallest absolute Gasteiger partial charge is 0.290 e. The van der Waals surface area contributed by atoms with Crippen LogP contribution < -0.4 is 5.32 Å². The van der Waals surface area contributed by atoms with E-state index in [2.05, 4.69) is 16.5 Å². The highest BCUT2D eigenvalue weighted by Gasteiger charge is 2.30. The second kappa shape index (κ2) is 7.66. The Morgan fingerprint density at radius 1 is 1.31 bits per heavy atom. The van der Waals surface area contributed by atoms with Gasteiger partial charge in [0.05, 0.1) is 23.9 Å². The van der Waals surface area contributed by atoms with Crippen molar-refractivity contribution < 1.29 is 14.0 Å². The molecule has 1 aromatic carbocycles. The molecule has 8 nitrogen and oxygen atoms in total. The van der Waals surface area contributed by atoms with Gasteiger partial charge in [-0.3, -0.25) is 14.3 Å². The topological polar surface area (TPSA) is 104 Å². The van der Waals surface area contributed by atoms with Gasteiger partial charge in [0.15, 0.2) is 5.76 Å². The number of benzene rings is 1. The van der Waals surface area contributed by atoms with Gasteiger partial charge < -0.3 is 14.6 Å². The lowest BCUT2D eigenvalue weighted by atomic mass is 10.0. The van der Waals surface area contributed by atoms with Crippen molar-refractivity contribution in [3.63, 3.8) is 0 Å². The molecule has 0 fully saturated rings. The molecule has 160 valence electrons. The number of nitriles is 1. The van der Waals surface area contributed by atoms with Crippen molar-refractivity contribution in [2.24, 2.45) is 7.05 Å². The lowest BCUT2D eigenvalue weighted by molar-refractivity contribution is 0.0706. The Balaban J connectivity index is 1.41. The first-order chi connectivity index (χ1) is 15.5. The van der Waals surface area contributed by atoms with E-state index >= 15 is 0 Å². The van der Waals surface area contributed by atoms with Gasteiger partial charge in [0.25, 0.3) is 11.8 Å². The van der Waals surface area contributed by atoms with E-state index in [1.807, 2.05) is 31.2 Å². The number of thiophene rings is 1. The zero-order chi connectivity index (χ0) is 22.4. The summed E-state index contributed by atoms with van der Waals surface area (Å²) in [6.07, 6.45) is 3.64. The minimum atomic E-state index is -0.320. The number of para-hydroxylation sites is 1. The third-order valence-electron chi connectivity index (χ3n) is 5.69. The molecule has 32 heavy (non-hydrogen) atoms. The summed E-state index contributed by atoms with van der Waals surface area (Å²) in [5.41, 5.74) is 3.29. The number of anilines is 1. The standard InChI is InChI=1S/C23H19N5O3S/c1-13-15-5-3-4-6-18(15)31-20(13)23(30)28-8-7-16-17(9-24)22(32-19(16)12-28)26-21(29)14-10-25-27(2)11-14/h3-6,10-11H,7-8,12H2,1-2H3,(H,26,29). The third kappa shape index (κ3) is 3.25. The van der Waals surface area contributed by atoms with Crippen molar-refractivity contribution >= 4 is 39.1 Å². The Labute approximate surface area is 187 Å². The molecule has 4 aromatic rings. The Morgan fingerprint density at radius 2 is 2.12 bits per heavy atom. The van der Waals surface area contributed by atoms with Crippen LogP contribution in [0.4, 0.5) is 5.00 Å². The van der Waals surface area contributed by atoms with Gasteiger partial charge in [0.2, 0.25) is 0 Å². The van der Waals surface area contributed by atoms with Crippen molar-refractivity contribution in [3.05, 3.63) is 69.6 Å². The molecule has 0 radical (unpaired) electrons. The molecule has 0 aliphatic carbocycles. The quantitative estimate of drug-likeness (QED) is 0.516. The summed E-state index contributed by atoms with van der Waals surface area (Å²) in [6, 6.07) is 9.81. The Kier molecular flexibility index (Phi) is 4.79. The molecule has 2 amide bonds. The highest BCUT2D eigenvalue weighted by molar-refractivity contribution is 7.16. The molecule has 9 heteroatoms. The molecule has 0 unspecified atom stereocenters. The van der Waals surface area contributed by atoms with E-state index in [0.29, 0.717) is 47.0 Å². The van der Waals surface area contributed by atoms with Gasteiger partial charge in [0, 0.05) is 35.6 Å². The highest BCUT2D eigenvalue weighted by atomic mass is 32.1. The lowest BCUT2D eigenvalue weighted by Gasteiger charge is -2.26. The highest BCUT2D eigenvalue weighted by Crippen LogP contribution is 2.37. The maximum absolute atomic E-state index is 13.2. The molecule has 1 aliphatic heterocycles. The van der Waals surface area contributed by atoms with E-state index < -0.39 is 0 Å². The summed E-state index contributed by atoms with van der Waals surface area (Å²) < 4.78 is 7.40. The number of nitrogens with one attached hydrogen (secondary N) is 1. The summed E-state index contributed by atoms with van der Waals surface area (Å²) in [7, 11) is 1.73. The van der Waals surface area contributed by atoms with Crippen LogP contribution in [0, 0.1) is 18.3 Å². The molecule has 1 aliphatic rings. The van der Waals surface area contributed by atoms with E-state index in [-0.39, 0.29) is 11.8 Å². The predicted molar refractivity (Wildman–Crippen MR) is 120 cm³/mol. The summed E-state index contributed by atoms with van der Waals surface area (Å²) in [5.74, 6) is -0.145. The van der Waals surface area contributed by atoms with Gasteiger partial charge in [-0.05, 0) is 25.0 Å². The number of nitrogens with zero attached hydrogens (tertiary/aromatic N) is 4. The molecular weight excluding hydrogens is 426 g/mol. The zero-order valence-electron chi connectivity index (χ0n) is 17.5. The van der Waals surface area contributed by atoms with Gasteiger partial charge in [-0.2, -0.15) is 10.4 Å². The summed E-state index contributed by atoms with van der Waals surface area (Å²) >= 11 is 1.34. The minimum absolute atomic E-state index is 0.169. The number of furan rings is 1. The molecule has 5 rings (SSSR count). The van der Waals surface area contributed by atoms with Crippen molar-refractivity contribution in [2.45, 2.75) is 19.9 Å². The Morgan fingerprint density at radius 3 is 2.84 bits per heavy atom. The van der Waals surface area contributed by atoms with Crippen LogP contribution in [0.3, 0.4) is 0 Å². The van der Waals surface area contributed by atoms with Crippen molar-refractivity contribution in [3.8, 4) is 6.07 Å². The minimum Gasteiger partial charge on any atom is -0.451 e. The molecule has 0 spiro atoms. The van der Waals surface area contributed by atoms with Crippen LogP contribution in [0.1, 0.15) is 42.5 Å². The predicted octanol–water partition coefficient (Wildman–Crippen LogP) is 3.86. The van der Waals surface area contributed by atoms with Crippen molar-refractivity contribution in [1.29, 1.82) is 5.26 Å². The first-order valence-corrected chi connectivity index (χ1v) is 10.9. The molecule has 0 saturated carbocycles. The maximum atomic E-state index is 13.2. The number of carbonyl (C=O) groups excluding carboxylic acids is 2. The molecule has 3 aromatic heterocycles. The van der Waals surface area contributed by atoms with Crippen molar-refractivity contribution in [1.82, 2.24) is 14.7 Å². The normalized spacial score (nSPS) is 13.1. The largest absolute Gasteiger partial charge is 0.451 e. The van der Waals surface area contributed by atoms with E-state index in [1.165, 1.54) is 17.5 Å². The summed E-state index contributed by atoms with van der Waals surface area (Å²) in [5, 5.41) is 18.0. The first kappa shape index (κ1) is 20.0. The van der Waals surface area contributed by atoms with Crippen LogP contribution in [0.15, 0.2) is 41.1 Å². The van der Waals surface area contributed by atoms with Crippen LogP contribution in [0.5, 0.6) is 0 Å². The van der Waals surface area contributed by atoms with E-state index in [0.717, 1.165) is 21.4 Å². The molecule has 4 heterocycles. The molecule has 1 N–H and O–H groups in total. The molecule has 0 bridgehead atoms. The number of fused-ring (bicyclic) bond motifs is 2. The van der Waals surface area contributed by atoms with Crippen molar-refractivity contribution in [2.75, 3.05) is 11.9 Å². The van der Waals surface area contributed by atoms with Crippen LogP contribution >= 0.6 is 11.3 Å². The Bertz CT molecular complexity index is 1420. The van der Waals surface area contributed by atoms with Gasteiger partial charge >= 0.3 is 0 Å². The fourth-order valence-corrected chi connectivity index (χ4v) is 5.23. The average Bonchev–Trinajstić information content (AvgIpc) is 3.48. The maximum Gasteiger partial charge on any atom is 0.290 e. The molecular formula is C23H19N5O3S. The van der Waals surface area contributed by atoms with E-state index in [9.17, 15) is 14.9 Å². The number of carbonyl (C=O) groups is 2. The SMILES string of the molecule is Cc1c(C(=O)N2CCc3c(sc(NC(=O)c4cnn(C)c4)c3C#N)C2)oc2ccccc12. The molecule has 0 saturated heterocycles. The third-order valence-corrected chi connectivity index (χ3v) is 6.82. The molecule has 0 atom stereocenters. The van der Waals surface area contributed by atoms with Gasteiger partial charge in [-0.25, -0.2) is 0 Å².